The molecule has 3 N–H and O–H groups in total. The van der Waals surface area contributed by atoms with Gasteiger partial charge in [-0.3, -0.25) is 0 Å². The molecule has 1 aliphatic rings. The van der Waals surface area contributed by atoms with Gasteiger partial charge in [0, 0.05) is 5.02 Å². The summed E-state index contributed by atoms with van der Waals surface area (Å²) in [5.41, 5.74) is 2.11. The van der Waals surface area contributed by atoms with Crippen LogP contribution < -0.4 is 15.0 Å². The van der Waals surface area contributed by atoms with Gasteiger partial charge in [-0.2, -0.15) is 0 Å². The number of nitrogens with two attached hydrogens (primary N) is 1. The van der Waals surface area contributed by atoms with Gasteiger partial charge in [0.2, 0.25) is 0 Å². The van der Waals surface area contributed by atoms with Crippen LogP contribution in [0.5, 0.6) is 5.75 Å². The van der Waals surface area contributed by atoms with Crippen molar-refractivity contribution in [2.75, 3.05) is 52.5 Å². The van der Waals surface area contributed by atoms with Crippen molar-refractivity contribution < 1.29 is 19.7 Å². The maximum atomic E-state index is 6.14. The van der Waals surface area contributed by atoms with Gasteiger partial charge in [-0.15, -0.1) is 0 Å². The lowest BCUT2D eigenvalue weighted by Gasteiger charge is -2.21. The zero-order chi connectivity index (χ0) is 15.1. The van der Waals surface area contributed by atoms with Crippen molar-refractivity contribution in [3.63, 3.8) is 0 Å². The molecule has 1 aromatic rings. The smallest absolute Gasteiger partial charge is 0.127 e. The van der Waals surface area contributed by atoms with Crippen molar-refractivity contribution in [1.82, 2.24) is 0 Å². The van der Waals surface area contributed by atoms with Gasteiger partial charge in [0.25, 0.3) is 0 Å². The van der Waals surface area contributed by atoms with Crippen LogP contribution in [-0.4, -0.2) is 52.5 Å². The van der Waals surface area contributed by atoms with Crippen LogP contribution in [0.4, 0.5) is 0 Å². The third-order valence-electron chi connectivity index (χ3n) is 3.91. The highest BCUT2D eigenvalue weighted by Gasteiger charge is 2.14. The zero-order valence-electron chi connectivity index (χ0n) is 13.1. The molecule has 1 heterocycles. The van der Waals surface area contributed by atoms with Crippen molar-refractivity contribution in [1.29, 1.82) is 0 Å². The number of nitrogens with one attached hydrogen (secondary N) is 1. The fourth-order valence-electron chi connectivity index (χ4n) is 2.66. The van der Waals surface area contributed by atoms with Gasteiger partial charge in [-0.1, -0.05) is 11.6 Å². The van der Waals surface area contributed by atoms with E-state index in [1.54, 1.807) is 4.90 Å². The number of hydrogen-bond donors (Lipinski definition) is 2. The SMILES string of the molecule is Cc1cc(OCCOCC[NH+]2CC[NH2+]CC2)cc(C)c1Cl. The highest BCUT2D eigenvalue weighted by Crippen LogP contribution is 2.25. The Kier molecular flexibility index (Phi) is 6.77. The van der Waals surface area contributed by atoms with Gasteiger partial charge in [0.15, 0.2) is 0 Å². The Labute approximate surface area is 132 Å². The largest absolute Gasteiger partial charge is 0.491 e. The maximum absolute atomic E-state index is 6.14. The topological polar surface area (TPSA) is 39.5 Å². The van der Waals surface area contributed by atoms with Crippen molar-refractivity contribution >= 4 is 11.6 Å². The molecule has 0 radical (unpaired) electrons. The first-order valence-corrected chi connectivity index (χ1v) is 8.17. The quantitative estimate of drug-likeness (QED) is 0.685. The molecule has 0 unspecified atom stereocenters. The second kappa shape index (κ2) is 8.59. The average molecular weight is 315 g/mol. The van der Waals surface area contributed by atoms with Gasteiger partial charge in [-0.05, 0) is 37.1 Å². The maximum Gasteiger partial charge on any atom is 0.127 e. The number of halogens is 1. The summed E-state index contributed by atoms with van der Waals surface area (Å²) in [4.78, 5) is 1.65. The minimum absolute atomic E-state index is 0.587. The predicted molar refractivity (Wildman–Crippen MR) is 84.5 cm³/mol. The predicted octanol–water partition coefficient (Wildman–Crippen LogP) is -0.186. The average Bonchev–Trinajstić information content (AvgIpc) is 2.49. The summed E-state index contributed by atoms with van der Waals surface area (Å²) in [6.07, 6.45) is 0. The van der Waals surface area contributed by atoms with Crippen molar-refractivity contribution in [2.24, 2.45) is 0 Å². The van der Waals surface area contributed by atoms with Crippen LogP contribution in [0.15, 0.2) is 12.1 Å². The Morgan fingerprint density at radius 2 is 1.76 bits per heavy atom. The summed E-state index contributed by atoms with van der Waals surface area (Å²) in [5.74, 6) is 0.871. The number of quaternary nitrogens is 2. The van der Waals surface area contributed by atoms with Crippen LogP contribution in [0, 0.1) is 13.8 Å². The summed E-state index contributed by atoms with van der Waals surface area (Å²) in [7, 11) is 0. The lowest BCUT2D eigenvalue weighted by molar-refractivity contribution is -0.947. The van der Waals surface area contributed by atoms with Gasteiger partial charge < -0.3 is 19.7 Å². The lowest BCUT2D eigenvalue weighted by atomic mass is 10.1. The minimum atomic E-state index is 0.587. The number of rotatable bonds is 7. The van der Waals surface area contributed by atoms with E-state index < -0.39 is 0 Å². The summed E-state index contributed by atoms with van der Waals surface area (Å²) < 4.78 is 11.4. The summed E-state index contributed by atoms with van der Waals surface area (Å²) in [6.45, 7) is 12.1. The van der Waals surface area contributed by atoms with Gasteiger partial charge in [-0.25, -0.2) is 0 Å². The molecule has 1 aliphatic heterocycles. The summed E-state index contributed by atoms with van der Waals surface area (Å²) >= 11 is 6.14. The number of hydrogen-bond acceptors (Lipinski definition) is 2. The molecule has 5 heteroatoms. The monoisotopic (exact) mass is 314 g/mol. The van der Waals surface area contributed by atoms with Crippen molar-refractivity contribution in [3.05, 3.63) is 28.3 Å². The van der Waals surface area contributed by atoms with Crippen LogP contribution in [0.2, 0.25) is 5.02 Å². The van der Waals surface area contributed by atoms with E-state index >= 15 is 0 Å². The van der Waals surface area contributed by atoms with E-state index in [-0.39, 0.29) is 0 Å². The van der Waals surface area contributed by atoms with E-state index in [2.05, 4.69) is 5.32 Å². The van der Waals surface area contributed by atoms with Crippen molar-refractivity contribution in [3.8, 4) is 5.75 Å². The van der Waals surface area contributed by atoms with E-state index in [4.69, 9.17) is 21.1 Å². The molecule has 0 bridgehead atoms. The fourth-order valence-corrected chi connectivity index (χ4v) is 2.77. The molecular weight excluding hydrogens is 288 g/mol. The Balaban J connectivity index is 1.59. The molecule has 0 saturated carbocycles. The molecule has 118 valence electrons. The Hall–Kier alpha value is -0.810. The highest BCUT2D eigenvalue weighted by molar-refractivity contribution is 6.32. The fraction of sp³-hybridized carbons (Fsp3) is 0.625. The van der Waals surface area contributed by atoms with E-state index in [0.717, 1.165) is 35.1 Å². The van der Waals surface area contributed by atoms with Crippen molar-refractivity contribution in [2.45, 2.75) is 13.8 Å². The van der Waals surface area contributed by atoms with Crippen LogP contribution in [0.25, 0.3) is 0 Å². The summed E-state index contributed by atoms with van der Waals surface area (Å²) in [5, 5.41) is 3.20. The van der Waals surface area contributed by atoms with Crippen LogP contribution in [0.3, 0.4) is 0 Å². The number of piperazine rings is 1. The minimum Gasteiger partial charge on any atom is -0.491 e. The molecule has 4 nitrogen and oxygen atoms in total. The third-order valence-corrected chi connectivity index (χ3v) is 4.51. The number of ether oxygens (including phenoxy) is 2. The first kappa shape index (κ1) is 16.6. The van der Waals surface area contributed by atoms with E-state index in [9.17, 15) is 0 Å². The first-order valence-electron chi connectivity index (χ1n) is 7.79. The highest BCUT2D eigenvalue weighted by atomic mass is 35.5. The second-order valence-corrected chi connectivity index (χ2v) is 6.08. The van der Waals surface area contributed by atoms with E-state index in [0.29, 0.717) is 13.2 Å². The molecule has 0 amide bonds. The van der Waals surface area contributed by atoms with Crippen LogP contribution >= 0.6 is 11.6 Å². The molecule has 0 spiro atoms. The standard InChI is InChI=1S/C16H25ClN2O2/c1-13-11-15(12-14(2)16(13)17)21-10-9-20-8-7-19-5-3-18-4-6-19/h11-12,18H,3-10H2,1-2H3/p+2. The Bertz CT molecular complexity index is 425. The first-order chi connectivity index (χ1) is 10.2. The molecule has 21 heavy (non-hydrogen) atoms. The van der Waals surface area contributed by atoms with Crippen LogP contribution in [0.1, 0.15) is 11.1 Å². The molecular formula is C16H27ClN2O2+2. The van der Waals surface area contributed by atoms with E-state index in [1.807, 2.05) is 26.0 Å². The van der Waals surface area contributed by atoms with Gasteiger partial charge in [0.1, 0.15) is 45.1 Å². The van der Waals surface area contributed by atoms with Crippen LogP contribution in [-0.2, 0) is 4.74 Å². The van der Waals surface area contributed by atoms with E-state index in [1.165, 1.54) is 26.2 Å². The molecule has 1 fully saturated rings. The molecule has 2 rings (SSSR count). The molecule has 0 aliphatic carbocycles. The Morgan fingerprint density at radius 1 is 1.10 bits per heavy atom. The zero-order valence-corrected chi connectivity index (χ0v) is 13.8. The lowest BCUT2D eigenvalue weighted by Crippen LogP contribution is -3.20. The normalized spacial score (nSPS) is 16.1. The molecule has 1 aromatic carbocycles. The van der Waals surface area contributed by atoms with Gasteiger partial charge >= 0.3 is 0 Å². The van der Waals surface area contributed by atoms with Gasteiger partial charge in [0.05, 0.1) is 13.2 Å². The summed E-state index contributed by atoms with van der Waals surface area (Å²) in [6, 6.07) is 3.95. The Morgan fingerprint density at radius 3 is 2.43 bits per heavy atom. The molecule has 1 saturated heterocycles. The number of benzene rings is 1. The number of aryl methyl sites for hydroxylation is 2. The third kappa shape index (κ3) is 5.47. The molecule has 0 atom stereocenters. The molecule has 0 aromatic heterocycles. The second-order valence-electron chi connectivity index (χ2n) is 5.70.